The molecule has 0 N–H and O–H groups in total. The van der Waals surface area contributed by atoms with Crippen LogP contribution in [0.3, 0.4) is 0 Å². The molecule has 0 aliphatic rings. The Morgan fingerprint density at radius 3 is 1.42 bits per heavy atom. The van der Waals surface area contributed by atoms with Gasteiger partial charge in [0, 0.05) is 28.1 Å². The molecule has 108 valence electrons. The van der Waals surface area contributed by atoms with Crippen LogP contribution in [-0.2, 0) is 19.2 Å². The summed E-state index contributed by atoms with van der Waals surface area (Å²) in [5, 5.41) is 0. The largest absolute Gasteiger partial charge is 0.337 e. The lowest BCUT2D eigenvalue weighted by atomic mass is 10.3. The summed E-state index contributed by atoms with van der Waals surface area (Å²) < 4.78 is 0. The summed E-state index contributed by atoms with van der Waals surface area (Å²) >= 11 is 0. The van der Waals surface area contributed by atoms with Crippen LogP contribution in [0.2, 0.25) is 0 Å². The molecule has 0 atom stereocenters. The van der Waals surface area contributed by atoms with Crippen molar-refractivity contribution >= 4 is 23.5 Å². The summed E-state index contributed by atoms with van der Waals surface area (Å²) in [4.78, 5) is 49.1. The lowest BCUT2D eigenvalue weighted by Gasteiger charge is -2.23. The molecule has 19 heavy (non-hydrogen) atoms. The van der Waals surface area contributed by atoms with Crippen LogP contribution in [0.15, 0.2) is 0 Å². The molecule has 0 heterocycles. The molecule has 3 amide bonds. The third-order valence-electron chi connectivity index (χ3n) is 2.59. The van der Waals surface area contributed by atoms with E-state index in [0.29, 0.717) is 0 Å². The Balaban J connectivity index is 4.32. The predicted octanol–water partition coefficient (Wildman–Crippen LogP) is -1.03. The van der Waals surface area contributed by atoms with Gasteiger partial charge in [-0.05, 0) is 6.92 Å². The lowest BCUT2D eigenvalue weighted by Crippen LogP contribution is -2.44. The van der Waals surface area contributed by atoms with E-state index in [9.17, 15) is 19.2 Å². The van der Waals surface area contributed by atoms with E-state index in [0.717, 1.165) is 0 Å². The van der Waals surface area contributed by atoms with Gasteiger partial charge in [-0.1, -0.05) is 0 Å². The molecule has 7 nitrogen and oxygen atoms in total. The molecule has 0 saturated carbocycles. The average molecular weight is 271 g/mol. The molecule has 0 aromatic carbocycles. The molecular formula is C12H21N3O4. The fraction of sp³-hybridized carbons (Fsp3) is 0.667. The molecule has 0 rings (SSSR count). The summed E-state index contributed by atoms with van der Waals surface area (Å²) in [6.07, 6.45) is 0. The fourth-order valence-electron chi connectivity index (χ4n) is 1.27. The van der Waals surface area contributed by atoms with Gasteiger partial charge in [-0.3, -0.25) is 19.2 Å². The third kappa shape index (κ3) is 6.54. The minimum absolute atomic E-state index is 0.0220. The SMILES string of the molecule is CC(=O)CN(C)C(=O)CN(C)C(=O)CN(C)C(C)=O. The van der Waals surface area contributed by atoms with E-state index in [1.807, 2.05) is 0 Å². The van der Waals surface area contributed by atoms with Gasteiger partial charge >= 0.3 is 0 Å². The van der Waals surface area contributed by atoms with Crippen LogP contribution in [-0.4, -0.2) is 79.0 Å². The number of carbonyl (C=O) groups is 4. The van der Waals surface area contributed by atoms with E-state index < -0.39 is 0 Å². The fourth-order valence-corrected chi connectivity index (χ4v) is 1.27. The number of hydrogen-bond acceptors (Lipinski definition) is 4. The van der Waals surface area contributed by atoms with Gasteiger partial charge in [0.25, 0.3) is 0 Å². The van der Waals surface area contributed by atoms with Crippen molar-refractivity contribution in [3.8, 4) is 0 Å². The number of carbonyl (C=O) groups excluding carboxylic acids is 4. The van der Waals surface area contributed by atoms with E-state index in [-0.39, 0.29) is 43.1 Å². The van der Waals surface area contributed by atoms with Gasteiger partial charge in [-0.15, -0.1) is 0 Å². The molecule has 0 fully saturated rings. The molecule has 0 saturated heterocycles. The number of likely N-dealkylation sites (N-methyl/N-ethyl adjacent to an activating group) is 3. The Kier molecular flexibility index (Phi) is 6.74. The van der Waals surface area contributed by atoms with Crippen LogP contribution < -0.4 is 0 Å². The van der Waals surface area contributed by atoms with Gasteiger partial charge in [0.2, 0.25) is 17.7 Å². The van der Waals surface area contributed by atoms with Crippen molar-refractivity contribution in [3.63, 3.8) is 0 Å². The minimum atomic E-state index is -0.331. The van der Waals surface area contributed by atoms with Crippen molar-refractivity contribution in [1.82, 2.24) is 14.7 Å². The predicted molar refractivity (Wildman–Crippen MR) is 69.3 cm³/mol. The summed E-state index contributed by atoms with van der Waals surface area (Å²) in [7, 11) is 4.50. The van der Waals surface area contributed by atoms with Gasteiger partial charge in [-0.2, -0.15) is 0 Å². The topological polar surface area (TPSA) is 78.0 Å². The first-order valence-electron chi connectivity index (χ1n) is 5.84. The first kappa shape index (κ1) is 17.1. The molecule has 0 bridgehead atoms. The number of hydrogen-bond donors (Lipinski definition) is 0. The van der Waals surface area contributed by atoms with Gasteiger partial charge in [0.05, 0.1) is 19.6 Å². The minimum Gasteiger partial charge on any atom is -0.337 e. The molecule has 7 heteroatoms. The Hall–Kier alpha value is -1.92. The quantitative estimate of drug-likeness (QED) is 0.619. The molecule has 0 radical (unpaired) electrons. The van der Waals surface area contributed by atoms with Crippen LogP contribution in [0.4, 0.5) is 0 Å². The Labute approximate surface area is 113 Å². The summed E-state index contributed by atoms with van der Waals surface area (Å²) in [5.41, 5.74) is 0. The second-order valence-corrected chi connectivity index (χ2v) is 4.58. The molecule has 0 aliphatic carbocycles. The van der Waals surface area contributed by atoms with Crippen molar-refractivity contribution in [3.05, 3.63) is 0 Å². The summed E-state index contributed by atoms with van der Waals surface area (Å²) in [6, 6.07) is 0. The first-order valence-corrected chi connectivity index (χ1v) is 5.84. The van der Waals surface area contributed by atoms with Crippen LogP contribution in [0.25, 0.3) is 0 Å². The van der Waals surface area contributed by atoms with E-state index in [2.05, 4.69) is 0 Å². The Bertz CT molecular complexity index is 381. The number of amides is 3. The zero-order chi connectivity index (χ0) is 15.2. The van der Waals surface area contributed by atoms with Crippen molar-refractivity contribution in [2.75, 3.05) is 40.8 Å². The lowest BCUT2D eigenvalue weighted by molar-refractivity contribution is -0.142. The van der Waals surface area contributed by atoms with Gasteiger partial charge in [-0.25, -0.2) is 0 Å². The standard InChI is InChI=1S/C12H21N3O4/c1-9(16)6-14(4)12(19)8-15(5)11(18)7-13(3)10(2)17/h6-8H2,1-5H3. The van der Waals surface area contributed by atoms with Crippen molar-refractivity contribution in [2.45, 2.75) is 13.8 Å². The molecule has 0 spiro atoms. The second kappa shape index (κ2) is 7.50. The van der Waals surface area contributed by atoms with E-state index in [1.54, 1.807) is 0 Å². The number of rotatable bonds is 6. The van der Waals surface area contributed by atoms with Gasteiger partial charge < -0.3 is 14.7 Å². The van der Waals surface area contributed by atoms with E-state index in [1.165, 1.54) is 49.7 Å². The molecule has 0 unspecified atom stereocenters. The van der Waals surface area contributed by atoms with E-state index in [4.69, 9.17) is 0 Å². The smallest absolute Gasteiger partial charge is 0.242 e. The Morgan fingerprint density at radius 1 is 0.684 bits per heavy atom. The zero-order valence-electron chi connectivity index (χ0n) is 12.1. The molecule has 0 aliphatic heterocycles. The highest BCUT2D eigenvalue weighted by molar-refractivity contribution is 5.89. The summed E-state index contributed by atoms with van der Waals surface area (Å²) in [6.45, 7) is 2.58. The average Bonchev–Trinajstić information content (AvgIpc) is 2.27. The van der Waals surface area contributed by atoms with Crippen LogP contribution >= 0.6 is 0 Å². The third-order valence-corrected chi connectivity index (χ3v) is 2.59. The number of nitrogens with zero attached hydrogens (tertiary/aromatic N) is 3. The highest BCUT2D eigenvalue weighted by Crippen LogP contribution is 1.93. The normalized spacial score (nSPS) is 9.74. The zero-order valence-corrected chi connectivity index (χ0v) is 12.1. The summed E-state index contributed by atoms with van der Waals surface area (Å²) in [5.74, 6) is -0.998. The monoisotopic (exact) mass is 271 g/mol. The van der Waals surface area contributed by atoms with Gasteiger partial charge in [0.15, 0.2) is 0 Å². The second-order valence-electron chi connectivity index (χ2n) is 4.58. The van der Waals surface area contributed by atoms with Gasteiger partial charge in [0.1, 0.15) is 5.78 Å². The van der Waals surface area contributed by atoms with Crippen molar-refractivity contribution < 1.29 is 19.2 Å². The van der Waals surface area contributed by atoms with Crippen LogP contribution in [0, 0.1) is 0 Å². The molecule has 0 aromatic rings. The Morgan fingerprint density at radius 2 is 1.05 bits per heavy atom. The van der Waals surface area contributed by atoms with Crippen LogP contribution in [0.1, 0.15) is 13.8 Å². The maximum atomic E-state index is 11.7. The number of Topliss-reactive ketones (excluding diaryl/α,β-unsaturated/α-hetero) is 1. The number of ketones is 1. The first-order chi connectivity index (χ1) is 8.65. The molecular weight excluding hydrogens is 250 g/mol. The molecule has 0 aromatic heterocycles. The highest BCUT2D eigenvalue weighted by Gasteiger charge is 2.18. The van der Waals surface area contributed by atoms with E-state index >= 15 is 0 Å². The highest BCUT2D eigenvalue weighted by atomic mass is 16.2. The van der Waals surface area contributed by atoms with Crippen molar-refractivity contribution in [1.29, 1.82) is 0 Å². The maximum absolute atomic E-state index is 11.7. The maximum Gasteiger partial charge on any atom is 0.242 e. The van der Waals surface area contributed by atoms with Crippen molar-refractivity contribution in [2.24, 2.45) is 0 Å². The van der Waals surface area contributed by atoms with Crippen LogP contribution in [0.5, 0.6) is 0 Å².